The third kappa shape index (κ3) is 4.05. The van der Waals surface area contributed by atoms with E-state index < -0.39 is 0 Å². The molecule has 0 bridgehead atoms. The average molecular weight is 413 g/mol. The number of likely N-dealkylation sites (tertiary alicyclic amines) is 1. The van der Waals surface area contributed by atoms with E-state index in [-0.39, 0.29) is 12.1 Å². The highest BCUT2D eigenvalue weighted by atomic mass is 35.5. The van der Waals surface area contributed by atoms with Gasteiger partial charge in [-0.1, -0.05) is 22.8 Å². The zero-order valence-corrected chi connectivity index (χ0v) is 16.9. The Bertz CT molecular complexity index is 1020. The van der Waals surface area contributed by atoms with Gasteiger partial charge in [0.25, 0.3) is 0 Å². The molecule has 1 aliphatic rings. The lowest BCUT2D eigenvalue weighted by Crippen LogP contribution is -2.34. The number of halogens is 1. The van der Waals surface area contributed by atoms with Crippen molar-refractivity contribution in [2.24, 2.45) is 0 Å². The van der Waals surface area contributed by atoms with E-state index in [4.69, 9.17) is 20.9 Å². The molecule has 1 fully saturated rings. The molecule has 2 aromatic carbocycles. The molecule has 2 heterocycles. The molecule has 0 aliphatic carbocycles. The van der Waals surface area contributed by atoms with E-state index in [1.807, 2.05) is 43.3 Å². The molecule has 1 saturated heterocycles. The predicted molar refractivity (Wildman–Crippen MR) is 110 cm³/mol. The van der Waals surface area contributed by atoms with Gasteiger partial charge in [-0.25, -0.2) is 4.79 Å². The van der Waals surface area contributed by atoms with Gasteiger partial charge in [0.15, 0.2) is 0 Å². The third-order valence-electron chi connectivity index (χ3n) is 4.95. The topological polar surface area (TPSA) is 80.5 Å². The molecular formula is C21H21ClN4O3. The molecule has 1 aliphatic heterocycles. The molecule has 150 valence electrons. The van der Waals surface area contributed by atoms with Crippen LogP contribution in [-0.2, 0) is 0 Å². The van der Waals surface area contributed by atoms with E-state index in [1.54, 1.807) is 18.1 Å². The summed E-state index contributed by atoms with van der Waals surface area (Å²) in [5.41, 5.74) is 2.43. The maximum absolute atomic E-state index is 12.8. The number of anilines is 1. The first-order valence-electron chi connectivity index (χ1n) is 9.37. The lowest BCUT2D eigenvalue weighted by Gasteiger charge is -2.22. The lowest BCUT2D eigenvalue weighted by atomic mass is 10.2. The molecule has 0 saturated carbocycles. The van der Waals surface area contributed by atoms with Gasteiger partial charge in [-0.3, -0.25) is 0 Å². The first-order valence-corrected chi connectivity index (χ1v) is 9.75. The van der Waals surface area contributed by atoms with Crippen LogP contribution in [-0.4, -0.2) is 34.7 Å². The number of carbonyl (C=O) groups excluding carboxylic acids is 1. The van der Waals surface area contributed by atoms with Crippen molar-refractivity contribution in [2.75, 3.05) is 19.0 Å². The number of methoxy groups -OCH3 is 1. The maximum Gasteiger partial charge on any atom is 0.322 e. The van der Waals surface area contributed by atoms with Crippen LogP contribution in [0.15, 0.2) is 47.0 Å². The van der Waals surface area contributed by atoms with Crippen LogP contribution in [0.3, 0.4) is 0 Å². The minimum absolute atomic E-state index is 0.234. The van der Waals surface area contributed by atoms with E-state index in [1.165, 1.54) is 0 Å². The fraction of sp³-hybridized carbons (Fsp3) is 0.286. The number of hydrogen-bond donors (Lipinski definition) is 1. The molecule has 7 nitrogen and oxygen atoms in total. The van der Waals surface area contributed by atoms with E-state index in [2.05, 4.69) is 15.5 Å². The molecule has 3 aromatic rings. The summed E-state index contributed by atoms with van der Waals surface area (Å²) in [5, 5.41) is 7.47. The summed E-state index contributed by atoms with van der Waals surface area (Å²) in [4.78, 5) is 19.1. The SMILES string of the molecule is COc1ccc(-c2noc([C@@H]3CCCN3C(=O)Nc3ccc(C)cc3Cl)n2)cc1. The number of nitrogens with zero attached hydrogens (tertiary/aromatic N) is 3. The summed E-state index contributed by atoms with van der Waals surface area (Å²) in [7, 11) is 1.62. The number of carbonyl (C=O) groups is 1. The van der Waals surface area contributed by atoms with Gasteiger partial charge in [0.1, 0.15) is 11.8 Å². The molecule has 0 radical (unpaired) electrons. The third-order valence-corrected chi connectivity index (χ3v) is 5.27. The second-order valence-electron chi connectivity index (χ2n) is 6.95. The summed E-state index contributed by atoms with van der Waals surface area (Å²) < 4.78 is 10.7. The summed E-state index contributed by atoms with van der Waals surface area (Å²) in [6.07, 6.45) is 1.62. The van der Waals surface area contributed by atoms with Gasteiger partial charge in [-0.15, -0.1) is 0 Å². The average Bonchev–Trinajstić information content (AvgIpc) is 3.39. The Morgan fingerprint density at radius 2 is 2.07 bits per heavy atom. The first-order chi connectivity index (χ1) is 14.0. The molecule has 2 amide bonds. The second kappa shape index (κ2) is 8.13. The molecule has 4 rings (SSSR count). The maximum atomic E-state index is 12.8. The van der Waals surface area contributed by atoms with Crippen LogP contribution in [0.4, 0.5) is 10.5 Å². The fourth-order valence-corrected chi connectivity index (χ4v) is 3.69. The minimum atomic E-state index is -0.265. The van der Waals surface area contributed by atoms with Crippen molar-refractivity contribution in [1.29, 1.82) is 0 Å². The highest BCUT2D eigenvalue weighted by Gasteiger charge is 2.34. The number of amides is 2. The van der Waals surface area contributed by atoms with Crippen molar-refractivity contribution in [2.45, 2.75) is 25.8 Å². The molecule has 1 atom stereocenters. The zero-order valence-electron chi connectivity index (χ0n) is 16.2. The van der Waals surface area contributed by atoms with Crippen LogP contribution >= 0.6 is 11.6 Å². The van der Waals surface area contributed by atoms with Crippen LogP contribution in [0.5, 0.6) is 5.75 Å². The van der Waals surface area contributed by atoms with E-state index >= 15 is 0 Å². The number of aryl methyl sites for hydroxylation is 1. The highest BCUT2D eigenvalue weighted by Crippen LogP contribution is 2.33. The number of hydrogen-bond acceptors (Lipinski definition) is 5. The van der Waals surface area contributed by atoms with Gasteiger partial charge in [0.05, 0.1) is 17.8 Å². The Morgan fingerprint density at radius 3 is 2.79 bits per heavy atom. The minimum Gasteiger partial charge on any atom is -0.497 e. The Morgan fingerprint density at radius 1 is 1.28 bits per heavy atom. The monoisotopic (exact) mass is 412 g/mol. The number of ether oxygens (including phenoxy) is 1. The van der Waals surface area contributed by atoms with Crippen LogP contribution in [0, 0.1) is 6.92 Å². The zero-order chi connectivity index (χ0) is 20.4. The Labute approximate surface area is 173 Å². The summed E-state index contributed by atoms with van der Waals surface area (Å²) in [6.45, 7) is 2.56. The normalized spacial score (nSPS) is 16.1. The van der Waals surface area contributed by atoms with Gasteiger partial charge in [-0.05, 0) is 61.7 Å². The van der Waals surface area contributed by atoms with Crippen LogP contribution < -0.4 is 10.1 Å². The van der Waals surface area contributed by atoms with Crippen LogP contribution in [0.1, 0.15) is 30.3 Å². The van der Waals surface area contributed by atoms with Crippen molar-refractivity contribution in [1.82, 2.24) is 15.0 Å². The fourth-order valence-electron chi connectivity index (χ4n) is 3.40. The van der Waals surface area contributed by atoms with E-state index in [0.29, 0.717) is 29.0 Å². The van der Waals surface area contributed by atoms with Crippen molar-refractivity contribution in [3.05, 3.63) is 58.9 Å². The summed E-state index contributed by atoms with van der Waals surface area (Å²) in [6, 6.07) is 12.4. The first kappa shape index (κ1) is 19.3. The second-order valence-corrected chi connectivity index (χ2v) is 7.36. The Kier molecular flexibility index (Phi) is 5.40. The standard InChI is InChI=1S/C21H21ClN4O3/c1-13-5-10-17(16(22)12-13)23-21(27)26-11-3-4-18(26)20-24-19(25-29-20)14-6-8-15(28-2)9-7-14/h5-10,12,18H,3-4,11H2,1-2H3,(H,23,27)/t18-/m0/s1. The van der Waals surface area contributed by atoms with Crippen molar-refractivity contribution < 1.29 is 14.1 Å². The number of rotatable bonds is 4. The largest absolute Gasteiger partial charge is 0.497 e. The Balaban J connectivity index is 1.50. The number of urea groups is 1. The molecule has 1 N–H and O–H groups in total. The molecule has 1 aromatic heterocycles. The van der Waals surface area contributed by atoms with Gasteiger partial charge < -0.3 is 19.5 Å². The smallest absolute Gasteiger partial charge is 0.322 e. The highest BCUT2D eigenvalue weighted by molar-refractivity contribution is 6.33. The van der Waals surface area contributed by atoms with Gasteiger partial charge >= 0.3 is 6.03 Å². The molecule has 0 spiro atoms. The van der Waals surface area contributed by atoms with Gasteiger partial charge in [0.2, 0.25) is 11.7 Å². The predicted octanol–water partition coefficient (Wildman–Crippen LogP) is 5.08. The van der Waals surface area contributed by atoms with Crippen molar-refractivity contribution in [3.63, 3.8) is 0 Å². The van der Waals surface area contributed by atoms with Crippen LogP contribution in [0.25, 0.3) is 11.4 Å². The molecule has 8 heteroatoms. The quantitative estimate of drug-likeness (QED) is 0.646. The number of aromatic nitrogens is 2. The molecule has 0 unspecified atom stereocenters. The van der Waals surface area contributed by atoms with Gasteiger partial charge in [0, 0.05) is 12.1 Å². The van der Waals surface area contributed by atoms with Crippen molar-refractivity contribution >= 4 is 23.3 Å². The van der Waals surface area contributed by atoms with Crippen molar-refractivity contribution in [3.8, 4) is 17.1 Å². The number of benzene rings is 2. The van der Waals surface area contributed by atoms with E-state index in [9.17, 15) is 4.79 Å². The van der Waals surface area contributed by atoms with Crippen LogP contribution in [0.2, 0.25) is 5.02 Å². The lowest BCUT2D eigenvalue weighted by molar-refractivity contribution is 0.193. The molecule has 29 heavy (non-hydrogen) atoms. The Hall–Kier alpha value is -3.06. The van der Waals surface area contributed by atoms with Gasteiger partial charge in [-0.2, -0.15) is 4.98 Å². The summed E-state index contributed by atoms with van der Waals surface area (Å²) in [5.74, 6) is 1.67. The number of nitrogens with one attached hydrogen (secondary N) is 1. The van der Waals surface area contributed by atoms with E-state index in [0.717, 1.165) is 29.7 Å². The summed E-state index contributed by atoms with van der Waals surface area (Å²) >= 11 is 6.24. The molecular weight excluding hydrogens is 392 g/mol.